The molecule has 2 rings (SSSR count). The second-order valence-corrected chi connectivity index (χ2v) is 4.75. The van der Waals surface area contributed by atoms with E-state index in [1.807, 2.05) is 17.7 Å². The third-order valence-corrected chi connectivity index (χ3v) is 3.65. The molecule has 0 saturated heterocycles. The van der Waals surface area contributed by atoms with E-state index in [4.69, 9.17) is 5.11 Å². The molecule has 1 aromatic heterocycles. The van der Waals surface area contributed by atoms with E-state index in [1.54, 1.807) is 0 Å². The molecule has 2 aromatic rings. The van der Waals surface area contributed by atoms with Crippen molar-refractivity contribution in [3.63, 3.8) is 0 Å². The number of nitrogens with zero attached hydrogens (tertiary/aromatic N) is 2. The molecule has 0 bridgehead atoms. The van der Waals surface area contributed by atoms with Crippen LogP contribution in [0.1, 0.15) is 12.5 Å². The second kappa shape index (κ2) is 4.79. The lowest BCUT2D eigenvalue weighted by Crippen LogP contribution is -2.00. The maximum absolute atomic E-state index is 10.5. The van der Waals surface area contributed by atoms with E-state index in [0.29, 0.717) is 0 Å². The van der Waals surface area contributed by atoms with Gasteiger partial charge in [-0.15, -0.1) is 0 Å². The van der Waals surface area contributed by atoms with Crippen LogP contribution in [0.3, 0.4) is 0 Å². The average Bonchev–Trinajstić information content (AvgIpc) is 2.63. The fraction of sp³-hybridized carbons (Fsp3) is 0.333. The van der Waals surface area contributed by atoms with Crippen LogP contribution >= 0.6 is 11.8 Å². The van der Waals surface area contributed by atoms with Gasteiger partial charge in [-0.25, -0.2) is 4.98 Å². The fourth-order valence-electron chi connectivity index (χ4n) is 1.70. The van der Waals surface area contributed by atoms with Crippen LogP contribution < -0.4 is 0 Å². The highest BCUT2D eigenvalue weighted by Crippen LogP contribution is 2.23. The van der Waals surface area contributed by atoms with Crippen molar-refractivity contribution in [3.8, 4) is 0 Å². The highest BCUT2D eigenvalue weighted by atomic mass is 32.2. The largest absolute Gasteiger partial charge is 0.481 e. The van der Waals surface area contributed by atoms with Gasteiger partial charge in [0.2, 0.25) is 0 Å². The molecular formula is C12H14N2O2S. The number of aromatic nitrogens is 2. The second-order valence-electron chi connectivity index (χ2n) is 3.81. The summed E-state index contributed by atoms with van der Waals surface area (Å²) >= 11 is 1.25. The molecule has 1 N–H and O–H groups in total. The number of carbonyl (C=O) groups is 1. The summed E-state index contributed by atoms with van der Waals surface area (Å²) in [6.45, 7) is 2.10. The van der Waals surface area contributed by atoms with Crippen LogP contribution in [0.4, 0.5) is 0 Å². The lowest BCUT2D eigenvalue weighted by molar-refractivity contribution is -0.133. The van der Waals surface area contributed by atoms with Gasteiger partial charge in [0.05, 0.1) is 16.8 Å². The summed E-state index contributed by atoms with van der Waals surface area (Å²) in [4.78, 5) is 15.0. The predicted octanol–water partition coefficient (Wildman–Crippen LogP) is 2.31. The number of carboxylic acid groups (broad SMARTS) is 1. The first kappa shape index (κ1) is 12.0. The molecule has 0 aliphatic carbocycles. The van der Waals surface area contributed by atoms with Gasteiger partial charge in [0.25, 0.3) is 0 Å². The summed E-state index contributed by atoms with van der Waals surface area (Å²) in [5, 5.41) is 9.41. The first-order valence-electron chi connectivity index (χ1n) is 5.41. The first-order chi connectivity index (χ1) is 8.11. The smallest absolute Gasteiger partial charge is 0.313 e. The standard InChI is InChI=1S/C12H14N2O2S/c1-3-8-4-5-10-9(6-8)13-12(14(10)2)17-7-11(15)16/h4-6H,3,7H2,1-2H3,(H,15,16). The normalized spacial score (nSPS) is 10.9. The zero-order valence-corrected chi connectivity index (χ0v) is 10.6. The lowest BCUT2D eigenvalue weighted by Gasteiger charge is -2.00. The zero-order chi connectivity index (χ0) is 12.4. The van der Waals surface area contributed by atoms with Gasteiger partial charge in [-0.05, 0) is 24.1 Å². The van der Waals surface area contributed by atoms with Crippen LogP contribution in [0.5, 0.6) is 0 Å². The number of aliphatic carboxylic acids is 1. The molecule has 1 aromatic carbocycles. The van der Waals surface area contributed by atoms with Gasteiger partial charge in [-0.3, -0.25) is 4.79 Å². The summed E-state index contributed by atoms with van der Waals surface area (Å²) in [5.41, 5.74) is 3.21. The molecule has 90 valence electrons. The minimum atomic E-state index is -0.823. The van der Waals surface area contributed by atoms with E-state index in [1.165, 1.54) is 17.3 Å². The lowest BCUT2D eigenvalue weighted by atomic mass is 10.1. The number of imidazole rings is 1. The van der Waals surface area contributed by atoms with Gasteiger partial charge in [0.15, 0.2) is 5.16 Å². The molecule has 0 amide bonds. The molecule has 5 heteroatoms. The Hall–Kier alpha value is -1.49. The summed E-state index contributed by atoms with van der Waals surface area (Å²) < 4.78 is 1.93. The Morgan fingerprint density at radius 2 is 2.29 bits per heavy atom. The highest BCUT2D eigenvalue weighted by molar-refractivity contribution is 7.99. The van der Waals surface area contributed by atoms with Crippen molar-refractivity contribution in [1.82, 2.24) is 9.55 Å². The molecule has 1 heterocycles. The van der Waals surface area contributed by atoms with Crippen molar-refractivity contribution in [2.45, 2.75) is 18.5 Å². The number of carboxylic acids is 1. The average molecular weight is 250 g/mol. The zero-order valence-electron chi connectivity index (χ0n) is 9.80. The minimum absolute atomic E-state index is 0.0395. The van der Waals surface area contributed by atoms with E-state index in [0.717, 1.165) is 22.6 Å². The highest BCUT2D eigenvalue weighted by Gasteiger charge is 2.10. The van der Waals surface area contributed by atoms with Gasteiger partial charge in [0.1, 0.15) is 0 Å². The number of benzene rings is 1. The fourth-order valence-corrected chi connectivity index (χ4v) is 2.41. The molecule has 0 spiro atoms. The third-order valence-electron chi connectivity index (χ3n) is 2.64. The maximum Gasteiger partial charge on any atom is 0.313 e. The van der Waals surface area contributed by atoms with Crippen LogP contribution in [-0.4, -0.2) is 26.4 Å². The Labute approximate surface area is 104 Å². The Balaban J connectivity index is 2.38. The topological polar surface area (TPSA) is 55.1 Å². The first-order valence-corrected chi connectivity index (χ1v) is 6.40. The monoisotopic (exact) mass is 250 g/mol. The number of hydrogen-bond donors (Lipinski definition) is 1. The molecule has 0 saturated carbocycles. The number of aryl methyl sites for hydroxylation is 2. The Morgan fingerprint density at radius 1 is 1.53 bits per heavy atom. The van der Waals surface area contributed by atoms with Gasteiger partial charge in [0, 0.05) is 7.05 Å². The van der Waals surface area contributed by atoms with Gasteiger partial charge >= 0.3 is 5.97 Å². The molecule has 0 atom stereocenters. The molecule has 0 fully saturated rings. The van der Waals surface area contributed by atoms with Crippen LogP contribution in [0.2, 0.25) is 0 Å². The number of thioether (sulfide) groups is 1. The molecule has 4 nitrogen and oxygen atoms in total. The number of hydrogen-bond acceptors (Lipinski definition) is 3. The van der Waals surface area contributed by atoms with Crippen molar-refractivity contribution in [3.05, 3.63) is 23.8 Å². The SMILES string of the molecule is CCc1ccc2c(c1)nc(SCC(=O)O)n2C. The predicted molar refractivity (Wildman–Crippen MR) is 68.5 cm³/mol. The van der Waals surface area contributed by atoms with Gasteiger partial charge < -0.3 is 9.67 Å². The molecular weight excluding hydrogens is 236 g/mol. The molecule has 0 unspecified atom stereocenters. The summed E-state index contributed by atoms with van der Waals surface area (Å²) in [6.07, 6.45) is 0.976. The summed E-state index contributed by atoms with van der Waals surface area (Å²) in [7, 11) is 1.91. The van der Waals surface area contributed by atoms with Crippen molar-refractivity contribution in [2.75, 3.05) is 5.75 Å². The van der Waals surface area contributed by atoms with Crippen molar-refractivity contribution >= 4 is 28.8 Å². The Bertz CT molecular complexity index is 563. The Kier molecular flexibility index (Phi) is 3.38. The molecule has 0 aliphatic heterocycles. The minimum Gasteiger partial charge on any atom is -0.481 e. The summed E-state index contributed by atoms with van der Waals surface area (Å²) in [6, 6.07) is 6.17. The van der Waals surface area contributed by atoms with Crippen molar-refractivity contribution in [2.24, 2.45) is 7.05 Å². The molecule has 0 radical (unpaired) electrons. The van der Waals surface area contributed by atoms with Crippen molar-refractivity contribution < 1.29 is 9.90 Å². The van der Waals surface area contributed by atoms with Crippen LogP contribution in [0.25, 0.3) is 11.0 Å². The molecule has 17 heavy (non-hydrogen) atoms. The van der Waals surface area contributed by atoms with Crippen LogP contribution in [-0.2, 0) is 18.3 Å². The van der Waals surface area contributed by atoms with Crippen molar-refractivity contribution in [1.29, 1.82) is 0 Å². The summed E-state index contributed by atoms with van der Waals surface area (Å²) in [5.74, 6) is -0.783. The maximum atomic E-state index is 10.5. The van der Waals surface area contributed by atoms with E-state index >= 15 is 0 Å². The number of fused-ring (bicyclic) bond motifs is 1. The molecule has 0 aliphatic rings. The Morgan fingerprint density at radius 3 is 2.94 bits per heavy atom. The van der Waals surface area contributed by atoms with E-state index < -0.39 is 5.97 Å². The van der Waals surface area contributed by atoms with Crippen LogP contribution in [0, 0.1) is 0 Å². The van der Waals surface area contributed by atoms with E-state index in [9.17, 15) is 4.79 Å². The van der Waals surface area contributed by atoms with Crippen LogP contribution in [0.15, 0.2) is 23.4 Å². The number of rotatable bonds is 4. The van der Waals surface area contributed by atoms with E-state index in [-0.39, 0.29) is 5.75 Å². The van der Waals surface area contributed by atoms with Gasteiger partial charge in [-0.2, -0.15) is 0 Å². The third kappa shape index (κ3) is 2.44. The van der Waals surface area contributed by atoms with E-state index in [2.05, 4.69) is 24.0 Å². The quantitative estimate of drug-likeness (QED) is 0.846. The van der Waals surface area contributed by atoms with Gasteiger partial charge in [-0.1, -0.05) is 24.8 Å².